The summed E-state index contributed by atoms with van der Waals surface area (Å²) in [6.07, 6.45) is 10.9. The summed E-state index contributed by atoms with van der Waals surface area (Å²) >= 11 is 0. The molecule has 0 bridgehead atoms. The van der Waals surface area contributed by atoms with E-state index < -0.39 is 5.41 Å². The van der Waals surface area contributed by atoms with Gasteiger partial charge in [-0.3, -0.25) is 4.79 Å². The first-order chi connectivity index (χ1) is 8.26. The summed E-state index contributed by atoms with van der Waals surface area (Å²) in [6.45, 7) is 0. The highest BCUT2D eigenvalue weighted by atomic mass is 16.5. The molecule has 17 heavy (non-hydrogen) atoms. The van der Waals surface area contributed by atoms with Crippen LogP contribution in [-0.2, 0) is 9.53 Å². The molecular weight excluding hydrogens is 218 g/mol. The Morgan fingerprint density at radius 2 is 2.29 bits per heavy atom. The Hall–Kier alpha value is -2.30. The van der Waals surface area contributed by atoms with Crippen molar-refractivity contribution in [2.45, 2.75) is 0 Å². The number of hydrogen-bond donors (Lipinski definition) is 0. The molecule has 0 radical (unpaired) electrons. The monoisotopic (exact) mass is 227 g/mol. The van der Waals surface area contributed by atoms with Gasteiger partial charge in [0.1, 0.15) is 16.8 Å². The van der Waals surface area contributed by atoms with Crippen LogP contribution in [0.5, 0.6) is 0 Å². The Morgan fingerprint density at radius 1 is 1.41 bits per heavy atom. The van der Waals surface area contributed by atoms with Gasteiger partial charge >= 0.3 is 5.97 Å². The zero-order chi connectivity index (χ0) is 11.9. The van der Waals surface area contributed by atoms with Gasteiger partial charge in [0.15, 0.2) is 0 Å². The molecule has 0 aromatic carbocycles. The van der Waals surface area contributed by atoms with E-state index in [4.69, 9.17) is 4.74 Å². The van der Waals surface area contributed by atoms with Gasteiger partial charge in [-0.05, 0) is 22.9 Å². The molecule has 0 fully saturated rings. The van der Waals surface area contributed by atoms with E-state index >= 15 is 0 Å². The van der Waals surface area contributed by atoms with E-state index in [9.17, 15) is 4.79 Å². The second-order valence-electron chi connectivity index (χ2n) is 3.88. The fourth-order valence-corrected chi connectivity index (χ4v) is 2.10. The average molecular weight is 227 g/mol. The molecule has 0 spiro atoms. The van der Waals surface area contributed by atoms with Crippen LogP contribution in [0, 0.1) is 5.41 Å². The van der Waals surface area contributed by atoms with Gasteiger partial charge in [-0.2, -0.15) is 0 Å². The Bertz CT molecular complexity index is 579. The summed E-state index contributed by atoms with van der Waals surface area (Å²) < 4.78 is 4.88. The van der Waals surface area contributed by atoms with Crippen LogP contribution in [0.2, 0.25) is 0 Å². The Morgan fingerprint density at radius 3 is 3.12 bits per heavy atom. The third kappa shape index (κ3) is 1.25. The minimum absolute atomic E-state index is 0.335. The maximum absolute atomic E-state index is 12.0. The SMILES string of the molecule is COC(=O)C12C=CC=CC1=CC1=NN=NC1=C2. The molecule has 3 aliphatic rings. The molecule has 0 aromatic rings. The molecule has 5 nitrogen and oxygen atoms in total. The lowest BCUT2D eigenvalue weighted by molar-refractivity contribution is -0.145. The van der Waals surface area contributed by atoms with Gasteiger partial charge in [-0.25, -0.2) is 0 Å². The molecule has 0 N–H and O–H groups in total. The third-order valence-corrected chi connectivity index (χ3v) is 2.97. The van der Waals surface area contributed by atoms with Crippen LogP contribution in [0.25, 0.3) is 0 Å². The minimum Gasteiger partial charge on any atom is -0.468 e. The van der Waals surface area contributed by atoms with Gasteiger partial charge in [0.25, 0.3) is 0 Å². The van der Waals surface area contributed by atoms with Gasteiger partial charge in [-0.15, -0.1) is 10.2 Å². The van der Waals surface area contributed by atoms with Gasteiger partial charge in [0.2, 0.25) is 0 Å². The molecule has 5 heteroatoms. The number of hydrogen-bond acceptors (Lipinski definition) is 5. The standard InChI is InChI=1S/C12H9N3O2/c1-17-11(16)12-5-3-2-4-8(12)6-9-10(7-12)14-15-13-9/h2-7H,1H3. The number of carbonyl (C=O) groups is 1. The molecule has 1 heterocycles. The highest BCUT2D eigenvalue weighted by Gasteiger charge is 2.42. The van der Waals surface area contributed by atoms with Crippen LogP contribution in [-0.4, -0.2) is 18.8 Å². The number of nitrogens with zero attached hydrogens (tertiary/aromatic N) is 3. The smallest absolute Gasteiger partial charge is 0.324 e. The summed E-state index contributed by atoms with van der Waals surface area (Å²) in [5, 5.41) is 11.4. The molecule has 1 unspecified atom stereocenters. The quantitative estimate of drug-likeness (QED) is 0.642. The van der Waals surface area contributed by atoms with Crippen molar-refractivity contribution in [2.75, 3.05) is 7.11 Å². The minimum atomic E-state index is -0.888. The zero-order valence-electron chi connectivity index (χ0n) is 9.12. The molecule has 84 valence electrons. The van der Waals surface area contributed by atoms with E-state index in [1.54, 1.807) is 12.2 Å². The van der Waals surface area contributed by atoms with Crippen molar-refractivity contribution in [3.63, 3.8) is 0 Å². The van der Waals surface area contributed by atoms with Crippen LogP contribution in [0.4, 0.5) is 0 Å². The first-order valence-corrected chi connectivity index (χ1v) is 5.15. The van der Waals surface area contributed by atoms with Crippen molar-refractivity contribution in [1.29, 1.82) is 0 Å². The molecule has 1 aliphatic heterocycles. The topological polar surface area (TPSA) is 63.4 Å². The van der Waals surface area contributed by atoms with Crippen LogP contribution in [0.3, 0.4) is 0 Å². The highest BCUT2D eigenvalue weighted by Crippen LogP contribution is 2.41. The average Bonchev–Trinajstić information content (AvgIpc) is 2.81. The van der Waals surface area contributed by atoms with Crippen molar-refractivity contribution in [3.8, 4) is 0 Å². The number of fused-ring (bicyclic) bond motifs is 2. The molecule has 0 aromatic heterocycles. The number of allylic oxidation sites excluding steroid dienone is 4. The lowest BCUT2D eigenvalue weighted by atomic mass is 9.73. The molecule has 0 saturated heterocycles. The summed E-state index contributed by atoms with van der Waals surface area (Å²) in [7, 11) is 1.37. The largest absolute Gasteiger partial charge is 0.468 e. The van der Waals surface area contributed by atoms with Crippen molar-refractivity contribution in [3.05, 3.63) is 47.7 Å². The molecule has 0 saturated carbocycles. The number of carbonyl (C=O) groups excluding carboxylic acids is 1. The highest BCUT2D eigenvalue weighted by molar-refractivity contribution is 6.12. The summed E-state index contributed by atoms with van der Waals surface area (Å²) in [5.74, 6) is -0.335. The second kappa shape index (κ2) is 3.35. The van der Waals surface area contributed by atoms with E-state index in [0.717, 1.165) is 5.57 Å². The van der Waals surface area contributed by atoms with Crippen molar-refractivity contribution in [1.82, 2.24) is 0 Å². The molecule has 3 rings (SSSR count). The van der Waals surface area contributed by atoms with E-state index in [-0.39, 0.29) is 5.97 Å². The third-order valence-electron chi connectivity index (χ3n) is 2.97. The van der Waals surface area contributed by atoms with E-state index in [0.29, 0.717) is 11.4 Å². The molecular formula is C12H9N3O2. The summed E-state index contributed by atoms with van der Waals surface area (Å²) in [4.78, 5) is 12.0. The first kappa shape index (κ1) is 9.89. The van der Waals surface area contributed by atoms with Gasteiger partial charge in [-0.1, -0.05) is 24.3 Å². The fourth-order valence-electron chi connectivity index (χ4n) is 2.10. The van der Waals surface area contributed by atoms with Crippen LogP contribution >= 0.6 is 0 Å². The normalized spacial score (nSPS) is 27.9. The Kier molecular flexibility index (Phi) is 1.95. The van der Waals surface area contributed by atoms with Gasteiger partial charge in [0, 0.05) is 0 Å². The lowest BCUT2D eigenvalue weighted by Crippen LogP contribution is -2.34. The maximum Gasteiger partial charge on any atom is 0.324 e. The van der Waals surface area contributed by atoms with Crippen LogP contribution < -0.4 is 0 Å². The predicted molar refractivity (Wildman–Crippen MR) is 61.2 cm³/mol. The van der Waals surface area contributed by atoms with Crippen molar-refractivity contribution < 1.29 is 9.53 Å². The predicted octanol–water partition coefficient (Wildman–Crippen LogP) is 1.92. The number of esters is 1. The number of rotatable bonds is 1. The summed E-state index contributed by atoms with van der Waals surface area (Å²) in [6, 6.07) is 0. The van der Waals surface area contributed by atoms with Crippen molar-refractivity contribution >= 4 is 11.7 Å². The number of methoxy groups -OCH3 is 1. The maximum atomic E-state index is 12.0. The van der Waals surface area contributed by atoms with Crippen LogP contribution in [0.1, 0.15) is 0 Å². The molecule has 1 atom stereocenters. The zero-order valence-corrected chi connectivity index (χ0v) is 9.12. The van der Waals surface area contributed by atoms with Crippen molar-refractivity contribution in [2.24, 2.45) is 20.9 Å². The van der Waals surface area contributed by atoms with E-state index in [1.165, 1.54) is 7.11 Å². The van der Waals surface area contributed by atoms with Crippen LogP contribution in [0.15, 0.2) is 63.2 Å². The number of ether oxygens (including phenoxy) is 1. The molecule has 0 amide bonds. The van der Waals surface area contributed by atoms with Gasteiger partial charge in [0.05, 0.1) is 7.11 Å². The molecule has 2 aliphatic carbocycles. The van der Waals surface area contributed by atoms with E-state index in [1.807, 2.05) is 24.3 Å². The second-order valence-corrected chi connectivity index (χ2v) is 3.88. The first-order valence-electron chi connectivity index (χ1n) is 5.15. The van der Waals surface area contributed by atoms with Gasteiger partial charge < -0.3 is 4.74 Å². The Balaban J connectivity index is 2.19. The fraction of sp³-hybridized carbons (Fsp3) is 0.167. The lowest BCUT2D eigenvalue weighted by Gasteiger charge is -2.30. The summed E-state index contributed by atoms with van der Waals surface area (Å²) in [5.41, 5.74) is 1.22. The van der Waals surface area contributed by atoms with E-state index in [2.05, 4.69) is 15.4 Å². The Labute approximate surface area is 97.6 Å².